The summed E-state index contributed by atoms with van der Waals surface area (Å²) >= 11 is 6.29. The Morgan fingerprint density at radius 3 is 2.57 bits per heavy atom. The van der Waals surface area contributed by atoms with Crippen molar-refractivity contribution in [2.75, 3.05) is 23.7 Å². The molecule has 1 aliphatic carbocycles. The zero-order valence-corrected chi connectivity index (χ0v) is 19.4. The minimum Gasteiger partial charge on any atom is -0.351 e. The van der Waals surface area contributed by atoms with E-state index in [0.717, 1.165) is 36.4 Å². The van der Waals surface area contributed by atoms with Crippen molar-refractivity contribution < 1.29 is 18.0 Å². The van der Waals surface area contributed by atoms with Crippen molar-refractivity contribution in [3.63, 3.8) is 0 Å². The fraction of sp³-hybridized carbons (Fsp3) is 0.619. The maximum absolute atomic E-state index is 13.5. The molecule has 0 spiro atoms. The van der Waals surface area contributed by atoms with Gasteiger partial charge in [-0.1, -0.05) is 36.9 Å². The fourth-order valence-corrected chi connectivity index (χ4v) is 5.64. The SMILES string of the molecule is CCS(=O)(=O)N1CC(=O)N(c2cccc(Cl)c2C)[C@@](C)(C(=O)NC2CCCCC2)C1. The Hall–Kier alpha value is -1.64. The monoisotopic (exact) mass is 455 g/mol. The van der Waals surface area contributed by atoms with Gasteiger partial charge in [0.2, 0.25) is 21.8 Å². The largest absolute Gasteiger partial charge is 0.351 e. The number of nitrogens with zero attached hydrogens (tertiary/aromatic N) is 2. The van der Waals surface area contributed by atoms with Gasteiger partial charge in [0, 0.05) is 23.3 Å². The predicted molar refractivity (Wildman–Crippen MR) is 118 cm³/mol. The Morgan fingerprint density at radius 2 is 1.93 bits per heavy atom. The van der Waals surface area contributed by atoms with Crippen LogP contribution in [0.3, 0.4) is 0 Å². The average Bonchev–Trinajstić information content (AvgIpc) is 2.71. The number of hydrogen-bond acceptors (Lipinski definition) is 4. The second kappa shape index (κ2) is 8.85. The van der Waals surface area contributed by atoms with Crippen LogP contribution >= 0.6 is 11.6 Å². The minimum atomic E-state index is -3.64. The van der Waals surface area contributed by atoms with Crippen molar-refractivity contribution >= 4 is 39.1 Å². The molecule has 2 amide bonds. The summed E-state index contributed by atoms with van der Waals surface area (Å²) in [4.78, 5) is 28.2. The number of sulfonamides is 1. The van der Waals surface area contributed by atoms with Gasteiger partial charge in [0.1, 0.15) is 5.54 Å². The number of nitrogens with one attached hydrogen (secondary N) is 1. The average molecular weight is 456 g/mol. The van der Waals surface area contributed by atoms with Crippen molar-refractivity contribution in [1.82, 2.24) is 9.62 Å². The molecule has 1 saturated heterocycles. The number of carbonyl (C=O) groups is 2. The van der Waals surface area contributed by atoms with E-state index in [-0.39, 0.29) is 30.8 Å². The third-order valence-electron chi connectivity index (χ3n) is 6.21. The number of anilines is 1. The molecule has 166 valence electrons. The number of piperazine rings is 1. The van der Waals surface area contributed by atoms with Crippen molar-refractivity contribution in [1.29, 1.82) is 0 Å². The first-order valence-corrected chi connectivity index (χ1v) is 12.5. The van der Waals surface area contributed by atoms with Crippen LogP contribution in [-0.2, 0) is 19.6 Å². The zero-order chi connectivity index (χ0) is 22.1. The number of rotatable bonds is 5. The van der Waals surface area contributed by atoms with E-state index in [0.29, 0.717) is 16.3 Å². The van der Waals surface area contributed by atoms with Crippen LogP contribution in [0.15, 0.2) is 18.2 Å². The van der Waals surface area contributed by atoms with E-state index in [4.69, 9.17) is 11.6 Å². The van der Waals surface area contributed by atoms with Gasteiger partial charge in [-0.2, -0.15) is 4.31 Å². The Labute approximate surface area is 183 Å². The molecule has 1 aromatic rings. The highest BCUT2D eigenvalue weighted by molar-refractivity contribution is 7.89. The summed E-state index contributed by atoms with van der Waals surface area (Å²) in [5.41, 5.74) is -0.178. The summed E-state index contributed by atoms with van der Waals surface area (Å²) in [7, 11) is -3.64. The van der Waals surface area contributed by atoms with Crippen LogP contribution < -0.4 is 10.2 Å². The van der Waals surface area contributed by atoms with Gasteiger partial charge in [0.25, 0.3) is 0 Å². The van der Waals surface area contributed by atoms with Gasteiger partial charge in [-0.05, 0) is 51.3 Å². The summed E-state index contributed by atoms with van der Waals surface area (Å²) in [6.07, 6.45) is 5.03. The first-order chi connectivity index (χ1) is 14.1. The highest BCUT2D eigenvalue weighted by Crippen LogP contribution is 2.35. The van der Waals surface area contributed by atoms with Crippen LogP contribution in [-0.4, -0.2) is 55.0 Å². The van der Waals surface area contributed by atoms with Gasteiger partial charge in [-0.25, -0.2) is 8.42 Å². The zero-order valence-electron chi connectivity index (χ0n) is 17.8. The standard InChI is InChI=1S/C21H30ClN3O4S/c1-4-30(28,29)24-13-19(26)25(18-12-8-11-17(22)15(18)2)21(3,14-24)20(27)23-16-9-6-5-7-10-16/h8,11-12,16H,4-7,9-10,13-14H2,1-3H3,(H,23,27)/t21-/m1/s1. The minimum absolute atomic E-state index is 0.0404. The van der Waals surface area contributed by atoms with Gasteiger partial charge >= 0.3 is 0 Å². The van der Waals surface area contributed by atoms with E-state index in [1.54, 1.807) is 32.0 Å². The molecule has 2 aliphatic rings. The summed E-state index contributed by atoms with van der Waals surface area (Å²) < 4.78 is 26.3. The smallest absolute Gasteiger partial charge is 0.247 e. The van der Waals surface area contributed by atoms with Crippen LogP contribution in [0, 0.1) is 6.92 Å². The van der Waals surface area contributed by atoms with Crippen LogP contribution in [0.25, 0.3) is 0 Å². The molecule has 2 fully saturated rings. The molecule has 1 aromatic carbocycles. The highest BCUT2D eigenvalue weighted by atomic mass is 35.5. The Morgan fingerprint density at radius 1 is 1.27 bits per heavy atom. The molecule has 0 bridgehead atoms. The quantitative estimate of drug-likeness (QED) is 0.739. The molecule has 0 radical (unpaired) electrons. The second-order valence-corrected chi connectivity index (χ2v) is 11.0. The fourth-order valence-electron chi connectivity index (χ4n) is 4.35. The molecular formula is C21H30ClN3O4S. The Kier molecular flexibility index (Phi) is 6.79. The van der Waals surface area contributed by atoms with Crippen molar-refractivity contribution in [3.05, 3.63) is 28.8 Å². The molecule has 1 atom stereocenters. The van der Waals surface area contributed by atoms with Crippen LogP contribution in [0.5, 0.6) is 0 Å². The summed E-state index contributed by atoms with van der Waals surface area (Å²) in [5.74, 6) is -0.903. The maximum Gasteiger partial charge on any atom is 0.247 e. The first-order valence-electron chi connectivity index (χ1n) is 10.5. The molecule has 3 rings (SSSR count). The number of benzene rings is 1. The van der Waals surface area contributed by atoms with Gasteiger partial charge in [-0.15, -0.1) is 0 Å². The van der Waals surface area contributed by atoms with Crippen LogP contribution in [0.2, 0.25) is 5.02 Å². The molecule has 1 aliphatic heterocycles. The van der Waals surface area contributed by atoms with Gasteiger partial charge in [0.15, 0.2) is 0 Å². The Balaban J connectivity index is 2.03. The lowest BCUT2D eigenvalue weighted by molar-refractivity contribution is -0.133. The molecule has 1 N–H and O–H groups in total. The van der Waals surface area contributed by atoms with E-state index in [9.17, 15) is 18.0 Å². The summed E-state index contributed by atoms with van der Waals surface area (Å²) in [5, 5.41) is 3.57. The third-order valence-corrected chi connectivity index (χ3v) is 8.39. The normalized spacial score (nSPS) is 24.1. The molecule has 1 saturated carbocycles. The number of carbonyl (C=O) groups excluding carboxylic acids is 2. The lowest BCUT2D eigenvalue weighted by atomic mass is 9.91. The molecule has 7 nitrogen and oxygen atoms in total. The van der Waals surface area contributed by atoms with Crippen molar-refractivity contribution in [3.8, 4) is 0 Å². The van der Waals surface area contributed by atoms with Crippen molar-refractivity contribution in [2.24, 2.45) is 0 Å². The maximum atomic E-state index is 13.5. The Bertz CT molecular complexity index is 930. The summed E-state index contributed by atoms with van der Waals surface area (Å²) in [6.45, 7) is 4.57. The predicted octanol–water partition coefficient (Wildman–Crippen LogP) is 2.85. The molecule has 30 heavy (non-hydrogen) atoms. The van der Waals surface area contributed by atoms with Gasteiger partial charge in [-0.3, -0.25) is 14.5 Å². The van der Waals surface area contributed by atoms with Gasteiger partial charge in [0.05, 0.1) is 12.3 Å². The second-order valence-electron chi connectivity index (χ2n) is 8.36. The highest BCUT2D eigenvalue weighted by Gasteiger charge is 2.51. The lowest BCUT2D eigenvalue weighted by Crippen LogP contribution is -2.71. The van der Waals surface area contributed by atoms with Crippen LogP contribution in [0.1, 0.15) is 51.5 Å². The molecule has 0 aromatic heterocycles. The van der Waals surface area contributed by atoms with Crippen LogP contribution in [0.4, 0.5) is 5.69 Å². The van der Waals surface area contributed by atoms with E-state index in [2.05, 4.69) is 5.32 Å². The number of hydrogen-bond donors (Lipinski definition) is 1. The topological polar surface area (TPSA) is 86.8 Å². The van der Waals surface area contributed by atoms with E-state index < -0.39 is 21.5 Å². The van der Waals surface area contributed by atoms with E-state index in [1.165, 1.54) is 11.8 Å². The number of halogens is 1. The number of amides is 2. The summed E-state index contributed by atoms with van der Waals surface area (Å²) in [6, 6.07) is 5.24. The lowest BCUT2D eigenvalue weighted by Gasteiger charge is -2.47. The molecule has 0 unspecified atom stereocenters. The molecule has 1 heterocycles. The molecule has 9 heteroatoms. The van der Waals surface area contributed by atoms with Gasteiger partial charge < -0.3 is 5.32 Å². The van der Waals surface area contributed by atoms with E-state index in [1.807, 2.05) is 0 Å². The third kappa shape index (κ3) is 4.36. The molecular weight excluding hydrogens is 426 g/mol. The van der Waals surface area contributed by atoms with Crippen molar-refractivity contribution in [2.45, 2.75) is 64.5 Å². The van der Waals surface area contributed by atoms with E-state index >= 15 is 0 Å². The first kappa shape index (κ1) is 23.0.